The Morgan fingerprint density at radius 2 is 1.90 bits per heavy atom. The van der Waals surface area contributed by atoms with E-state index >= 15 is 0 Å². The number of aromatic hydroxyl groups is 2. The lowest BCUT2D eigenvalue weighted by atomic mass is 10.1. The highest BCUT2D eigenvalue weighted by molar-refractivity contribution is 5.97. The molecule has 1 heterocycles. The van der Waals surface area contributed by atoms with Crippen LogP contribution in [0.5, 0.6) is 11.5 Å². The SMILES string of the molecule is O=[C]C(NC(=O)c1cnccc1O)c1ccc(O)cc1. The Hall–Kier alpha value is -2.89. The summed E-state index contributed by atoms with van der Waals surface area (Å²) < 4.78 is 0. The summed E-state index contributed by atoms with van der Waals surface area (Å²) in [5, 5.41) is 21.1. The molecule has 6 heteroatoms. The zero-order chi connectivity index (χ0) is 14.5. The third kappa shape index (κ3) is 2.92. The smallest absolute Gasteiger partial charge is 0.257 e. The minimum atomic E-state index is -0.997. The monoisotopic (exact) mass is 271 g/mol. The predicted molar refractivity (Wildman–Crippen MR) is 69.9 cm³/mol. The lowest BCUT2D eigenvalue weighted by molar-refractivity contribution is 0.0943. The van der Waals surface area contributed by atoms with Gasteiger partial charge in [-0.05, 0) is 23.8 Å². The van der Waals surface area contributed by atoms with E-state index in [-0.39, 0.29) is 17.1 Å². The Morgan fingerprint density at radius 1 is 1.20 bits per heavy atom. The first-order chi connectivity index (χ1) is 9.61. The Balaban J connectivity index is 2.18. The number of nitrogens with zero attached hydrogens (tertiary/aromatic N) is 1. The van der Waals surface area contributed by atoms with Crippen molar-refractivity contribution in [2.75, 3.05) is 0 Å². The molecule has 0 saturated carbocycles. The van der Waals surface area contributed by atoms with Crippen molar-refractivity contribution in [3.8, 4) is 11.5 Å². The summed E-state index contributed by atoms with van der Waals surface area (Å²) in [5.74, 6) is -0.820. The molecule has 1 aromatic heterocycles. The van der Waals surface area contributed by atoms with E-state index in [1.807, 2.05) is 0 Å². The quantitative estimate of drug-likeness (QED) is 0.772. The normalized spacial score (nSPS) is 11.6. The van der Waals surface area contributed by atoms with Gasteiger partial charge >= 0.3 is 0 Å². The summed E-state index contributed by atoms with van der Waals surface area (Å²) >= 11 is 0. The standard InChI is InChI=1S/C14H11N2O4/c17-8-12(9-1-3-10(18)4-2-9)16-14(20)11-7-15-6-5-13(11)19/h1-7,12,18H,(H,15,19)(H,16,20). The summed E-state index contributed by atoms with van der Waals surface area (Å²) in [5.41, 5.74) is 0.432. The average molecular weight is 271 g/mol. The van der Waals surface area contributed by atoms with Gasteiger partial charge in [0.15, 0.2) is 0 Å². The molecule has 0 aliphatic rings. The second kappa shape index (κ2) is 5.83. The highest BCUT2D eigenvalue weighted by Crippen LogP contribution is 2.18. The van der Waals surface area contributed by atoms with Gasteiger partial charge in [-0.15, -0.1) is 0 Å². The Labute approximate surface area is 114 Å². The van der Waals surface area contributed by atoms with E-state index in [1.165, 1.54) is 42.7 Å². The van der Waals surface area contributed by atoms with Crippen molar-refractivity contribution >= 4 is 12.2 Å². The van der Waals surface area contributed by atoms with Crippen LogP contribution in [0.15, 0.2) is 42.7 Å². The number of carbonyl (C=O) groups is 1. The molecule has 6 nitrogen and oxygen atoms in total. The number of amides is 1. The zero-order valence-corrected chi connectivity index (χ0v) is 10.3. The summed E-state index contributed by atoms with van der Waals surface area (Å²) in [4.78, 5) is 26.6. The first-order valence-electron chi connectivity index (χ1n) is 5.72. The van der Waals surface area contributed by atoms with E-state index in [0.29, 0.717) is 5.56 Å². The molecule has 101 valence electrons. The second-order valence-corrected chi connectivity index (χ2v) is 4.01. The van der Waals surface area contributed by atoms with E-state index in [4.69, 9.17) is 0 Å². The van der Waals surface area contributed by atoms with E-state index in [2.05, 4.69) is 10.3 Å². The van der Waals surface area contributed by atoms with Gasteiger partial charge in [-0.3, -0.25) is 14.6 Å². The molecule has 0 spiro atoms. The fourth-order valence-corrected chi connectivity index (χ4v) is 1.62. The summed E-state index contributed by atoms with van der Waals surface area (Å²) in [6, 6.07) is 6.06. The lowest BCUT2D eigenvalue weighted by Crippen LogP contribution is -2.29. The molecule has 1 atom stereocenters. The van der Waals surface area contributed by atoms with Gasteiger partial charge < -0.3 is 15.5 Å². The van der Waals surface area contributed by atoms with E-state index in [9.17, 15) is 19.8 Å². The van der Waals surface area contributed by atoms with Crippen molar-refractivity contribution in [2.45, 2.75) is 6.04 Å². The number of hydrogen-bond acceptors (Lipinski definition) is 5. The molecule has 0 aliphatic carbocycles. The third-order valence-electron chi connectivity index (χ3n) is 2.66. The fourth-order valence-electron chi connectivity index (χ4n) is 1.62. The minimum Gasteiger partial charge on any atom is -0.508 e. The number of nitrogens with one attached hydrogen (secondary N) is 1. The van der Waals surface area contributed by atoms with Gasteiger partial charge in [-0.25, -0.2) is 0 Å². The maximum absolute atomic E-state index is 11.9. The largest absolute Gasteiger partial charge is 0.508 e. The van der Waals surface area contributed by atoms with Crippen LogP contribution in [0.1, 0.15) is 22.0 Å². The molecule has 0 aliphatic heterocycles. The molecule has 0 saturated heterocycles. The Morgan fingerprint density at radius 3 is 2.50 bits per heavy atom. The van der Waals surface area contributed by atoms with Crippen molar-refractivity contribution in [1.29, 1.82) is 0 Å². The maximum Gasteiger partial charge on any atom is 0.257 e. The van der Waals surface area contributed by atoms with Crippen molar-refractivity contribution < 1.29 is 19.8 Å². The van der Waals surface area contributed by atoms with E-state index in [0.717, 1.165) is 0 Å². The number of phenols is 1. The van der Waals surface area contributed by atoms with Crippen molar-refractivity contribution in [2.24, 2.45) is 0 Å². The van der Waals surface area contributed by atoms with Crippen LogP contribution in [-0.4, -0.2) is 27.4 Å². The second-order valence-electron chi connectivity index (χ2n) is 4.01. The van der Waals surface area contributed by atoms with E-state index in [1.54, 1.807) is 6.29 Å². The molecule has 1 unspecified atom stereocenters. The molecular formula is C14H11N2O4. The molecule has 0 bridgehead atoms. The van der Waals surface area contributed by atoms with Crippen LogP contribution >= 0.6 is 0 Å². The van der Waals surface area contributed by atoms with Gasteiger partial charge in [0.25, 0.3) is 5.91 Å². The number of aromatic nitrogens is 1. The van der Waals surface area contributed by atoms with Crippen molar-refractivity contribution in [3.63, 3.8) is 0 Å². The van der Waals surface area contributed by atoms with Crippen LogP contribution in [0.2, 0.25) is 0 Å². The summed E-state index contributed by atoms with van der Waals surface area (Å²) in [6.07, 6.45) is 4.23. The highest BCUT2D eigenvalue weighted by Gasteiger charge is 2.18. The van der Waals surface area contributed by atoms with Crippen LogP contribution in [0, 0.1) is 0 Å². The van der Waals surface area contributed by atoms with Crippen LogP contribution in [0.25, 0.3) is 0 Å². The predicted octanol–water partition coefficient (Wildman–Crippen LogP) is 1.07. The van der Waals surface area contributed by atoms with Crippen LogP contribution in [0.4, 0.5) is 0 Å². The first kappa shape index (κ1) is 13.5. The summed E-state index contributed by atoms with van der Waals surface area (Å²) in [7, 11) is 0. The van der Waals surface area contributed by atoms with Gasteiger partial charge in [-0.1, -0.05) is 12.1 Å². The first-order valence-corrected chi connectivity index (χ1v) is 5.72. The van der Waals surface area contributed by atoms with Gasteiger partial charge in [0.1, 0.15) is 17.5 Å². The Kier molecular flexibility index (Phi) is 3.95. The number of phenolic OH excluding ortho intramolecular Hbond substituents is 1. The minimum absolute atomic E-state index is 0.0356. The molecule has 1 radical (unpaired) electrons. The molecule has 1 amide bonds. The van der Waals surface area contributed by atoms with Crippen molar-refractivity contribution in [3.05, 3.63) is 53.9 Å². The van der Waals surface area contributed by atoms with E-state index < -0.39 is 11.9 Å². The topological polar surface area (TPSA) is 99.5 Å². The molecule has 1 aromatic carbocycles. The zero-order valence-electron chi connectivity index (χ0n) is 10.3. The number of pyridine rings is 1. The number of carbonyl (C=O) groups excluding carboxylic acids is 2. The molecule has 20 heavy (non-hydrogen) atoms. The fraction of sp³-hybridized carbons (Fsp3) is 0.0714. The van der Waals surface area contributed by atoms with Gasteiger partial charge in [-0.2, -0.15) is 0 Å². The Bertz CT molecular complexity index is 625. The molecular weight excluding hydrogens is 260 g/mol. The van der Waals surface area contributed by atoms with Crippen LogP contribution < -0.4 is 5.32 Å². The lowest BCUT2D eigenvalue weighted by Gasteiger charge is -2.13. The molecule has 2 rings (SSSR count). The highest BCUT2D eigenvalue weighted by atomic mass is 16.3. The number of benzene rings is 1. The van der Waals surface area contributed by atoms with Gasteiger partial charge in [0.05, 0.1) is 5.56 Å². The maximum atomic E-state index is 11.9. The van der Waals surface area contributed by atoms with Gasteiger partial charge in [0.2, 0.25) is 6.29 Å². The molecule has 2 aromatic rings. The number of hydrogen-bond donors (Lipinski definition) is 3. The molecule has 0 fully saturated rings. The van der Waals surface area contributed by atoms with Crippen molar-refractivity contribution in [1.82, 2.24) is 10.3 Å². The third-order valence-corrected chi connectivity index (χ3v) is 2.66. The van der Waals surface area contributed by atoms with Gasteiger partial charge in [0, 0.05) is 12.4 Å². The summed E-state index contributed by atoms with van der Waals surface area (Å²) in [6.45, 7) is 0. The number of rotatable bonds is 4. The van der Waals surface area contributed by atoms with Crippen LogP contribution in [-0.2, 0) is 4.79 Å². The van der Waals surface area contributed by atoms with Crippen LogP contribution in [0.3, 0.4) is 0 Å². The average Bonchev–Trinajstić information content (AvgIpc) is 2.46. The molecule has 3 N–H and O–H groups in total.